The van der Waals surface area contributed by atoms with Crippen LogP contribution in [-0.4, -0.2) is 36.2 Å². The van der Waals surface area contributed by atoms with E-state index in [1.54, 1.807) is 0 Å². The molecule has 5 nitrogen and oxygen atoms in total. The molecule has 1 aliphatic heterocycles. The van der Waals surface area contributed by atoms with Crippen LogP contribution < -0.4 is 5.32 Å². The van der Waals surface area contributed by atoms with E-state index in [2.05, 4.69) is 11.9 Å². The van der Waals surface area contributed by atoms with Crippen molar-refractivity contribution < 1.29 is 14.4 Å². The molecule has 0 unspecified atom stereocenters. The lowest BCUT2D eigenvalue weighted by atomic mass is 10.3. The lowest BCUT2D eigenvalue weighted by Crippen LogP contribution is -2.33. The van der Waals surface area contributed by atoms with Gasteiger partial charge in [-0.3, -0.25) is 19.3 Å². The van der Waals surface area contributed by atoms with E-state index in [4.69, 9.17) is 0 Å². The summed E-state index contributed by atoms with van der Waals surface area (Å²) in [6, 6.07) is 0. The molecule has 0 atom stereocenters. The highest BCUT2D eigenvalue weighted by Crippen LogP contribution is 2.16. The molecule has 1 heterocycles. The van der Waals surface area contributed by atoms with E-state index < -0.39 is 0 Å². The maximum atomic E-state index is 11.3. The van der Waals surface area contributed by atoms with Gasteiger partial charge in [0.05, 0.1) is 6.42 Å². The monoisotopic (exact) mass is 196 g/mol. The summed E-state index contributed by atoms with van der Waals surface area (Å²) in [5.74, 6) is -0.828. The fourth-order valence-electron chi connectivity index (χ4n) is 1.22. The van der Waals surface area contributed by atoms with Gasteiger partial charge in [0.1, 0.15) is 0 Å². The topological polar surface area (TPSA) is 66.5 Å². The summed E-state index contributed by atoms with van der Waals surface area (Å²) in [4.78, 5) is 34.4. The Morgan fingerprint density at radius 1 is 1.57 bits per heavy atom. The van der Waals surface area contributed by atoms with Gasteiger partial charge < -0.3 is 5.32 Å². The number of nitrogens with one attached hydrogen (secondary N) is 1. The molecule has 5 heteroatoms. The highest BCUT2D eigenvalue weighted by Gasteiger charge is 2.32. The van der Waals surface area contributed by atoms with Crippen molar-refractivity contribution in [3.05, 3.63) is 12.2 Å². The van der Waals surface area contributed by atoms with Crippen molar-refractivity contribution in [2.75, 3.05) is 13.6 Å². The molecule has 76 valence electrons. The molecule has 0 aliphatic carbocycles. The number of rotatable bonds is 3. The van der Waals surface area contributed by atoms with Gasteiger partial charge in [-0.2, -0.15) is 0 Å². The van der Waals surface area contributed by atoms with E-state index in [0.29, 0.717) is 5.57 Å². The molecule has 0 aromatic heterocycles. The van der Waals surface area contributed by atoms with Gasteiger partial charge in [0.25, 0.3) is 5.91 Å². The average molecular weight is 196 g/mol. The summed E-state index contributed by atoms with van der Waals surface area (Å²) in [6.45, 7) is 3.61. The summed E-state index contributed by atoms with van der Waals surface area (Å²) in [5.41, 5.74) is 0.298. The Morgan fingerprint density at radius 2 is 2.21 bits per heavy atom. The number of imide groups is 1. The summed E-state index contributed by atoms with van der Waals surface area (Å²) in [6.07, 6.45) is 0.216. The van der Waals surface area contributed by atoms with Gasteiger partial charge >= 0.3 is 0 Å². The smallest absolute Gasteiger partial charge is 0.256 e. The van der Waals surface area contributed by atoms with Gasteiger partial charge in [-0.1, -0.05) is 6.58 Å². The molecular formula is C9H12N2O3. The van der Waals surface area contributed by atoms with Crippen molar-refractivity contribution in [2.45, 2.75) is 12.8 Å². The van der Waals surface area contributed by atoms with Crippen molar-refractivity contribution in [3.8, 4) is 0 Å². The predicted molar refractivity (Wildman–Crippen MR) is 49.2 cm³/mol. The maximum absolute atomic E-state index is 11.3. The van der Waals surface area contributed by atoms with E-state index in [1.807, 2.05) is 0 Å². The second-order valence-corrected chi connectivity index (χ2v) is 3.05. The molecule has 1 rings (SSSR count). The highest BCUT2D eigenvalue weighted by molar-refractivity contribution is 6.13. The largest absolute Gasteiger partial charge is 0.359 e. The van der Waals surface area contributed by atoms with Crippen LogP contribution in [0.1, 0.15) is 12.8 Å². The van der Waals surface area contributed by atoms with Crippen molar-refractivity contribution in [1.82, 2.24) is 10.2 Å². The average Bonchev–Trinajstić information content (AvgIpc) is 2.39. The molecule has 3 amide bonds. The Balaban J connectivity index is 2.53. The van der Waals surface area contributed by atoms with E-state index in [0.717, 1.165) is 4.90 Å². The highest BCUT2D eigenvalue weighted by atomic mass is 16.2. The van der Waals surface area contributed by atoms with E-state index >= 15 is 0 Å². The maximum Gasteiger partial charge on any atom is 0.256 e. The van der Waals surface area contributed by atoms with Gasteiger partial charge in [-0.05, 0) is 0 Å². The van der Waals surface area contributed by atoms with Crippen LogP contribution in [0.4, 0.5) is 0 Å². The first-order chi connectivity index (χ1) is 6.56. The third-order valence-electron chi connectivity index (χ3n) is 2.05. The molecule has 0 radical (unpaired) electrons. The molecule has 1 fully saturated rings. The Bertz CT molecular complexity index is 309. The molecule has 0 aromatic rings. The Labute approximate surface area is 81.8 Å². The third-order valence-corrected chi connectivity index (χ3v) is 2.05. The van der Waals surface area contributed by atoms with Crippen LogP contribution in [0.25, 0.3) is 0 Å². The van der Waals surface area contributed by atoms with Gasteiger partial charge in [-0.15, -0.1) is 0 Å². The number of likely N-dealkylation sites (tertiary alicyclic amines) is 1. The molecule has 1 N–H and O–H groups in total. The third kappa shape index (κ3) is 1.99. The van der Waals surface area contributed by atoms with E-state index in [1.165, 1.54) is 7.05 Å². The van der Waals surface area contributed by atoms with Crippen molar-refractivity contribution in [2.24, 2.45) is 0 Å². The van der Waals surface area contributed by atoms with Gasteiger partial charge in [0, 0.05) is 25.6 Å². The first-order valence-corrected chi connectivity index (χ1v) is 4.29. The van der Waals surface area contributed by atoms with Crippen molar-refractivity contribution in [3.63, 3.8) is 0 Å². The number of nitrogens with zero attached hydrogens (tertiary/aromatic N) is 1. The zero-order valence-electron chi connectivity index (χ0n) is 8.00. The quantitative estimate of drug-likeness (QED) is 0.486. The molecule has 0 aromatic carbocycles. The molecular weight excluding hydrogens is 184 g/mol. The van der Waals surface area contributed by atoms with Crippen LogP contribution in [-0.2, 0) is 14.4 Å². The van der Waals surface area contributed by atoms with Crippen LogP contribution in [0.15, 0.2) is 12.2 Å². The second-order valence-electron chi connectivity index (χ2n) is 3.05. The zero-order chi connectivity index (χ0) is 10.7. The van der Waals surface area contributed by atoms with Crippen LogP contribution >= 0.6 is 0 Å². The minimum atomic E-state index is -0.362. The Kier molecular flexibility index (Phi) is 3.01. The fourth-order valence-corrected chi connectivity index (χ4v) is 1.22. The first kappa shape index (κ1) is 10.4. The number of hydrogen-bond donors (Lipinski definition) is 1. The number of hydrogen-bond acceptors (Lipinski definition) is 3. The van der Waals surface area contributed by atoms with Crippen LogP contribution in [0.2, 0.25) is 0 Å². The van der Waals surface area contributed by atoms with E-state index in [-0.39, 0.29) is 37.1 Å². The predicted octanol–water partition coefficient (Wildman–Crippen LogP) is -0.562. The minimum absolute atomic E-state index is 0.0760. The summed E-state index contributed by atoms with van der Waals surface area (Å²) in [5, 5.41) is 2.42. The molecule has 14 heavy (non-hydrogen) atoms. The number of carbonyl (C=O) groups excluding carboxylic acids is 3. The fraction of sp³-hybridized carbons (Fsp3) is 0.444. The summed E-state index contributed by atoms with van der Waals surface area (Å²) < 4.78 is 0. The van der Waals surface area contributed by atoms with Gasteiger partial charge in [0.2, 0.25) is 11.8 Å². The van der Waals surface area contributed by atoms with Crippen LogP contribution in [0.5, 0.6) is 0 Å². The molecule has 0 spiro atoms. The molecule has 0 bridgehead atoms. The molecule has 0 saturated carbocycles. The SMILES string of the molecule is C=C1CC(=O)N(CCC(=O)NC)C1=O. The first-order valence-electron chi connectivity index (χ1n) is 4.29. The summed E-state index contributed by atoms with van der Waals surface area (Å²) in [7, 11) is 1.51. The Hall–Kier alpha value is -1.65. The second kappa shape index (κ2) is 4.04. The van der Waals surface area contributed by atoms with Crippen molar-refractivity contribution in [1.29, 1.82) is 0 Å². The lowest BCUT2D eigenvalue weighted by Gasteiger charge is -2.11. The van der Waals surface area contributed by atoms with Crippen LogP contribution in [0, 0.1) is 0 Å². The summed E-state index contributed by atoms with van der Waals surface area (Å²) >= 11 is 0. The molecule has 1 saturated heterocycles. The van der Waals surface area contributed by atoms with Crippen LogP contribution in [0.3, 0.4) is 0 Å². The minimum Gasteiger partial charge on any atom is -0.359 e. The zero-order valence-corrected chi connectivity index (χ0v) is 8.00. The lowest BCUT2D eigenvalue weighted by molar-refractivity contribution is -0.137. The number of carbonyl (C=O) groups is 3. The van der Waals surface area contributed by atoms with Gasteiger partial charge in [-0.25, -0.2) is 0 Å². The normalized spacial score (nSPS) is 16.4. The van der Waals surface area contributed by atoms with Gasteiger partial charge in [0.15, 0.2) is 0 Å². The molecule has 1 aliphatic rings. The Morgan fingerprint density at radius 3 is 2.64 bits per heavy atom. The standard InChI is InChI=1S/C9H12N2O3/c1-6-5-8(13)11(9(6)14)4-3-7(12)10-2/h1,3-5H2,2H3,(H,10,12). The van der Waals surface area contributed by atoms with Crippen molar-refractivity contribution >= 4 is 17.7 Å². The van der Waals surface area contributed by atoms with E-state index in [9.17, 15) is 14.4 Å². The number of amides is 3.